The number of ether oxygens (including phenoxy) is 1. The summed E-state index contributed by atoms with van der Waals surface area (Å²) in [5, 5.41) is 10.6. The molecule has 1 aromatic heterocycles. The Morgan fingerprint density at radius 2 is 1.96 bits per heavy atom. The largest absolute Gasteiger partial charge is 0.491 e. The number of aromatic carboxylic acids is 1. The number of nitrogens with zero attached hydrogens (tertiary/aromatic N) is 1. The second kappa shape index (κ2) is 8.07. The molecule has 3 aromatic rings. The number of aromatic nitrogens is 1. The van der Waals surface area contributed by atoms with E-state index in [9.17, 15) is 9.90 Å². The molecule has 2 aromatic carbocycles. The van der Waals surface area contributed by atoms with Crippen molar-refractivity contribution >= 4 is 16.9 Å². The number of carboxylic acids is 1. The average Bonchev–Trinajstić information content (AvgIpc) is 3.14. The Hall–Kier alpha value is -2.79. The van der Waals surface area contributed by atoms with Gasteiger partial charge >= 0.3 is 5.97 Å². The number of piperidine rings is 1. The van der Waals surface area contributed by atoms with Crippen LogP contribution >= 0.6 is 0 Å². The van der Waals surface area contributed by atoms with Crippen molar-refractivity contribution in [1.82, 2.24) is 9.88 Å². The predicted molar refractivity (Wildman–Crippen MR) is 110 cm³/mol. The number of fused-ring (bicyclic) bond motifs is 1. The van der Waals surface area contributed by atoms with Crippen LogP contribution in [0.4, 0.5) is 0 Å². The third-order valence-corrected chi connectivity index (χ3v) is 5.77. The molecule has 4 rings (SSSR count). The highest BCUT2D eigenvalue weighted by molar-refractivity contribution is 5.90. The Morgan fingerprint density at radius 1 is 1.18 bits per heavy atom. The number of rotatable bonds is 6. The molecule has 1 saturated heterocycles. The maximum absolute atomic E-state index is 11.3. The number of nitrogens with one attached hydrogen (secondary N) is 1. The van der Waals surface area contributed by atoms with Crippen LogP contribution in [0, 0.1) is 6.92 Å². The molecule has 5 heteroatoms. The van der Waals surface area contributed by atoms with E-state index in [1.54, 1.807) is 24.3 Å². The van der Waals surface area contributed by atoms with Crippen LogP contribution in [-0.2, 0) is 0 Å². The van der Waals surface area contributed by atoms with E-state index < -0.39 is 5.97 Å². The number of hydrogen-bond donors (Lipinski definition) is 2. The number of benzene rings is 2. The van der Waals surface area contributed by atoms with E-state index in [-0.39, 0.29) is 5.56 Å². The maximum Gasteiger partial charge on any atom is 0.339 e. The second-order valence-corrected chi connectivity index (χ2v) is 7.51. The van der Waals surface area contributed by atoms with Gasteiger partial charge in [0.1, 0.15) is 17.9 Å². The van der Waals surface area contributed by atoms with Gasteiger partial charge in [0, 0.05) is 23.6 Å². The number of carbonyl (C=O) groups is 1. The summed E-state index contributed by atoms with van der Waals surface area (Å²) in [6.07, 6.45) is 4.45. The van der Waals surface area contributed by atoms with Crippen LogP contribution in [0.5, 0.6) is 5.75 Å². The lowest BCUT2D eigenvalue weighted by molar-refractivity contribution is 0.0691. The van der Waals surface area contributed by atoms with Gasteiger partial charge in [0.2, 0.25) is 0 Å². The standard InChI is InChI=1S/C23H26N2O3/c1-16-5-4-7-18-20(15-24-22(16)18)17-9-11-25(12-10-17)13-14-28-21-8-3-2-6-19(21)23(26)27/h2-8,15,17,24H,9-14H2,1H3,(H,26,27). The second-order valence-electron chi connectivity index (χ2n) is 7.51. The molecule has 5 nitrogen and oxygen atoms in total. The van der Waals surface area contributed by atoms with Gasteiger partial charge in [-0.2, -0.15) is 0 Å². The Balaban J connectivity index is 1.31. The molecule has 1 aliphatic rings. The van der Waals surface area contributed by atoms with Crippen molar-refractivity contribution in [2.24, 2.45) is 0 Å². The molecule has 0 amide bonds. The minimum atomic E-state index is -0.953. The fraction of sp³-hybridized carbons (Fsp3) is 0.348. The summed E-state index contributed by atoms with van der Waals surface area (Å²) in [4.78, 5) is 17.1. The molecule has 0 aliphatic carbocycles. The lowest BCUT2D eigenvalue weighted by Gasteiger charge is -2.31. The minimum Gasteiger partial charge on any atom is -0.491 e. The molecule has 28 heavy (non-hydrogen) atoms. The number of H-pyrrole nitrogens is 1. The lowest BCUT2D eigenvalue weighted by Crippen LogP contribution is -2.35. The lowest BCUT2D eigenvalue weighted by atomic mass is 9.89. The summed E-state index contributed by atoms with van der Waals surface area (Å²) >= 11 is 0. The number of likely N-dealkylation sites (tertiary alicyclic amines) is 1. The van der Waals surface area contributed by atoms with Gasteiger partial charge in [-0.05, 0) is 62.0 Å². The third-order valence-electron chi connectivity index (χ3n) is 5.77. The summed E-state index contributed by atoms with van der Waals surface area (Å²) in [7, 11) is 0. The van der Waals surface area contributed by atoms with Gasteiger partial charge in [0.25, 0.3) is 0 Å². The van der Waals surface area contributed by atoms with Gasteiger partial charge in [0.15, 0.2) is 0 Å². The Kier molecular flexibility index (Phi) is 5.35. The zero-order chi connectivity index (χ0) is 19.5. The number of aromatic amines is 1. The normalized spacial score (nSPS) is 15.8. The van der Waals surface area contributed by atoms with Crippen LogP contribution in [0.2, 0.25) is 0 Å². The molecule has 0 radical (unpaired) electrons. The number of hydrogen-bond acceptors (Lipinski definition) is 3. The van der Waals surface area contributed by atoms with Gasteiger partial charge in [-0.25, -0.2) is 4.79 Å². The molecule has 146 valence electrons. The van der Waals surface area contributed by atoms with Crippen molar-refractivity contribution in [1.29, 1.82) is 0 Å². The smallest absolute Gasteiger partial charge is 0.339 e. The number of aryl methyl sites for hydroxylation is 1. The van der Waals surface area contributed by atoms with Crippen LogP contribution in [0.3, 0.4) is 0 Å². The fourth-order valence-corrected chi connectivity index (χ4v) is 4.19. The summed E-state index contributed by atoms with van der Waals surface area (Å²) < 4.78 is 5.74. The third kappa shape index (κ3) is 3.76. The Morgan fingerprint density at radius 3 is 2.75 bits per heavy atom. The molecular weight excluding hydrogens is 352 g/mol. The summed E-state index contributed by atoms with van der Waals surface area (Å²) in [5.41, 5.74) is 4.20. The van der Waals surface area contributed by atoms with Gasteiger partial charge in [-0.1, -0.05) is 30.3 Å². The molecule has 0 spiro atoms. The van der Waals surface area contributed by atoms with E-state index in [1.807, 2.05) is 0 Å². The zero-order valence-electron chi connectivity index (χ0n) is 16.1. The van der Waals surface area contributed by atoms with Crippen molar-refractivity contribution in [3.05, 3.63) is 65.4 Å². The van der Waals surface area contributed by atoms with E-state index in [2.05, 4.69) is 41.2 Å². The van der Waals surface area contributed by atoms with E-state index in [1.165, 1.54) is 22.0 Å². The van der Waals surface area contributed by atoms with E-state index >= 15 is 0 Å². The first-order chi connectivity index (χ1) is 13.6. The average molecular weight is 378 g/mol. The molecule has 0 saturated carbocycles. The van der Waals surface area contributed by atoms with Gasteiger partial charge < -0.3 is 14.8 Å². The molecule has 0 atom stereocenters. The molecule has 1 fully saturated rings. The highest BCUT2D eigenvalue weighted by Gasteiger charge is 2.23. The van der Waals surface area contributed by atoms with Crippen molar-refractivity contribution < 1.29 is 14.6 Å². The molecule has 1 aliphatic heterocycles. The molecule has 2 heterocycles. The van der Waals surface area contributed by atoms with Crippen LogP contribution < -0.4 is 4.74 Å². The summed E-state index contributed by atoms with van der Waals surface area (Å²) in [6, 6.07) is 13.3. The summed E-state index contributed by atoms with van der Waals surface area (Å²) in [6.45, 7) is 5.53. The zero-order valence-corrected chi connectivity index (χ0v) is 16.1. The Bertz CT molecular complexity index is 971. The molecule has 0 unspecified atom stereocenters. The monoisotopic (exact) mass is 378 g/mol. The van der Waals surface area contributed by atoms with E-state index in [0.717, 1.165) is 32.5 Å². The van der Waals surface area contributed by atoms with Gasteiger partial charge in [-0.3, -0.25) is 4.90 Å². The Labute approximate surface area is 164 Å². The SMILES string of the molecule is Cc1cccc2c(C3CCN(CCOc4ccccc4C(=O)O)CC3)c[nH]c12. The first-order valence-electron chi connectivity index (χ1n) is 9.87. The van der Waals surface area contributed by atoms with E-state index in [4.69, 9.17) is 4.74 Å². The quantitative estimate of drug-likeness (QED) is 0.666. The minimum absolute atomic E-state index is 0.218. The van der Waals surface area contributed by atoms with Crippen LogP contribution in [0.25, 0.3) is 10.9 Å². The number of carboxylic acid groups (broad SMARTS) is 1. The topological polar surface area (TPSA) is 65.6 Å². The van der Waals surface area contributed by atoms with Crippen LogP contribution in [-0.4, -0.2) is 47.2 Å². The first-order valence-corrected chi connectivity index (χ1v) is 9.87. The molecule has 2 N–H and O–H groups in total. The van der Waals surface area contributed by atoms with E-state index in [0.29, 0.717) is 18.3 Å². The number of para-hydroxylation sites is 2. The highest BCUT2D eigenvalue weighted by Crippen LogP contribution is 2.34. The van der Waals surface area contributed by atoms with Gasteiger partial charge in [-0.15, -0.1) is 0 Å². The van der Waals surface area contributed by atoms with Crippen LogP contribution in [0.1, 0.15) is 40.2 Å². The van der Waals surface area contributed by atoms with Gasteiger partial charge in [0.05, 0.1) is 0 Å². The molecular formula is C23H26N2O3. The van der Waals surface area contributed by atoms with Crippen LogP contribution in [0.15, 0.2) is 48.7 Å². The van der Waals surface area contributed by atoms with Crippen molar-refractivity contribution in [2.75, 3.05) is 26.2 Å². The highest BCUT2D eigenvalue weighted by atomic mass is 16.5. The predicted octanol–water partition coefficient (Wildman–Crippen LogP) is 4.43. The van der Waals surface area contributed by atoms with Crippen molar-refractivity contribution in [2.45, 2.75) is 25.7 Å². The maximum atomic E-state index is 11.3. The van der Waals surface area contributed by atoms with Crippen molar-refractivity contribution in [3.8, 4) is 5.75 Å². The fourth-order valence-electron chi connectivity index (χ4n) is 4.19. The van der Waals surface area contributed by atoms with Crippen molar-refractivity contribution in [3.63, 3.8) is 0 Å². The summed E-state index contributed by atoms with van der Waals surface area (Å²) in [5.74, 6) is 0.0740. The first kappa shape index (κ1) is 18.6. The molecule has 0 bridgehead atoms.